The predicted molar refractivity (Wildman–Crippen MR) is 229 cm³/mol. The van der Waals surface area contributed by atoms with Crippen molar-refractivity contribution in [3.05, 3.63) is 101 Å². The number of fused-ring (bicyclic) bond motifs is 6. The Balaban J connectivity index is 0.000000311. The summed E-state index contributed by atoms with van der Waals surface area (Å²) < 4.78 is 6.81. The minimum Gasteiger partial charge on any atom is -0.512 e. The number of furan rings is 1. The number of allylic oxidation sites excluding steroid dienone is 2. The molecule has 0 amide bonds. The Morgan fingerprint density at radius 3 is 2.20 bits per heavy atom. The Bertz CT molecular complexity index is 2310. The zero-order valence-corrected chi connectivity index (χ0v) is 36.9. The Kier molecular flexibility index (Phi) is 13.9. The third-order valence-corrected chi connectivity index (χ3v) is 11.9. The second-order valence-electron chi connectivity index (χ2n) is 16.7. The number of ketones is 1. The van der Waals surface area contributed by atoms with Gasteiger partial charge in [-0.3, -0.25) is 9.78 Å². The van der Waals surface area contributed by atoms with Crippen molar-refractivity contribution in [2.45, 2.75) is 131 Å². The Hall–Kier alpha value is -3.79. The molecule has 6 aromatic rings. The summed E-state index contributed by atoms with van der Waals surface area (Å²) in [5.41, 5.74) is 10.0. The first-order valence-corrected chi connectivity index (χ1v) is 20.6. The van der Waals surface area contributed by atoms with Crippen molar-refractivity contribution in [1.82, 2.24) is 4.98 Å². The zero-order valence-electron chi connectivity index (χ0n) is 34.5. The third kappa shape index (κ3) is 8.95. The molecule has 0 aliphatic heterocycles. The van der Waals surface area contributed by atoms with Crippen LogP contribution in [0.2, 0.25) is 0 Å². The van der Waals surface area contributed by atoms with Crippen molar-refractivity contribution < 1.29 is 34.4 Å². The van der Waals surface area contributed by atoms with Crippen molar-refractivity contribution in [3.63, 3.8) is 0 Å². The third-order valence-electron chi connectivity index (χ3n) is 11.9. The molecule has 0 spiro atoms. The summed E-state index contributed by atoms with van der Waals surface area (Å²) >= 11 is 0. The van der Waals surface area contributed by atoms with Crippen LogP contribution in [0.5, 0.6) is 0 Å². The number of pyridine rings is 1. The van der Waals surface area contributed by atoms with Gasteiger partial charge in [-0.2, -0.15) is 0 Å². The number of aromatic nitrogens is 1. The molecule has 4 nitrogen and oxygen atoms in total. The number of rotatable bonds is 9. The molecule has 1 aliphatic rings. The number of hydrogen-bond acceptors (Lipinski definition) is 4. The molecule has 1 radical (unpaired) electrons. The molecule has 1 N–H and O–H groups in total. The first kappa shape index (κ1) is 42.4. The number of aliphatic hydroxyl groups is 1. The number of aryl methyl sites for hydroxylation is 2. The molecule has 0 atom stereocenters. The maximum atomic E-state index is 11.7. The van der Waals surface area contributed by atoms with Gasteiger partial charge in [-0.25, -0.2) is 0 Å². The van der Waals surface area contributed by atoms with Crippen molar-refractivity contribution in [3.8, 4) is 11.3 Å². The van der Waals surface area contributed by atoms with Crippen LogP contribution in [0.15, 0.2) is 76.9 Å². The maximum absolute atomic E-state index is 11.7. The fraction of sp³-hybridized carbons (Fsp3) is 0.440. The van der Waals surface area contributed by atoms with Crippen LogP contribution >= 0.6 is 0 Å². The minimum atomic E-state index is -0.0139. The molecule has 1 saturated carbocycles. The van der Waals surface area contributed by atoms with E-state index in [-0.39, 0.29) is 48.9 Å². The molecular weight excluding hydrogens is 855 g/mol. The first-order valence-electron chi connectivity index (χ1n) is 20.6. The normalized spacial score (nSPS) is 14.2. The molecular formula is C50H60IrNO3-. The van der Waals surface area contributed by atoms with Crippen molar-refractivity contribution in [2.75, 3.05) is 0 Å². The number of carbonyl (C=O) groups is 1. The SMILES string of the molecule is CCC(CC)C(=O)/C=C(\O)C(CC)CC.Cc1cc(C)c2c(c1)nc(-c1[c-]c3ccccc3c(C(C)(C)C)c1)c1c3ccc(C4CCCCC4)cc3oc21.[Ir]. The average molecular weight is 915 g/mol. The molecule has 2 heterocycles. The van der Waals surface area contributed by atoms with Crippen LogP contribution in [-0.4, -0.2) is 15.9 Å². The Morgan fingerprint density at radius 1 is 0.873 bits per heavy atom. The standard InChI is InChI=1S/C37H36NO.C13H24O2.Ir/c1-22-17-23(2)33-31(18-22)38-35(27-19-26-13-9-10-14-28(26)30(20-27)37(3,4)5)34-29-16-15-25(21-32(29)39-36(33)34)24-11-7-6-8-12-24;1-5-10(6-2)12(14)9-13(15)11(7-3)8-4;/h9-10,13-18,20-21,24H,6-8,11-12H2,1-5H3;9-11,14H,5-8H2,1-4H3;/q-1;;/b;12-9-;. The van der Waals surface area contributed by atoms with E-state index in [1.165, 1.54) is 65.8 Å². The van der Waals surface area contributed by atoms with Crippen LogP contribution in [0.3, 0.4) is 0 Å². The average Bonchev–Trinajstić information content (AvgIpc) is 3.53. The fourth-order valence-electron chi connectivity index (χ4n) is 8.67. The maximum Gasteiger partial charge on any atom is 0.162 e. The van der Waals surface area contributed by atoms with Crippen LogP contribution in [-0.2, 0) is 30.3 Å². The molecule has 293 valence electrons. The van der Waals surface area contributed by atoms with Gasteiger partial charge in [0.2, 0.25) is 0 Å². The van der Waals surface area contributed by atoms with E-state index in [9.17, 15) is 9.90 Å². The summed E-state index contributed by atoms with van der Waals surface area (Å²) in [6, 6.07) is 26.1. The molecule has 0 unspecified atom stereocenters. The van der Waals surface area contributed by atoms with Gasteiger partial charge in [0.1, 0.15) is 11.2 Å². The van der Waals surface area contributed by atoms with Crippen molar-refractivity contribution >= 4 is 49.4 Å². The first-order chi connectivity index (χ1) is 25.9. The summed E-state index contributed by atoms with van der Waals surface area (Å²) in [5, 5.41) is 15.5. The number of hydrogen-bond donors (Lipinski definition) is 1. The predicted octanol–water partition coefficient (Wildman–Crippen LogP) is 14.6. The Labute approximate surface area is 342 Å². The molecule has 0 saturated heterocycles. The molecule has 4 aromatic carbocycles. The van der Waals surface area contributed by atoms with E-state index >= 15 is 0 Å². The van der Waals surface area contributed by atoms with Crippen LogP contribution in [0.25, 0.3) is 54.9 Å². The van der Waals surface area contributed by atoms with E-state index in [4.69, 9.17) is 9.40 Å². The van der Waals surface area contributed by atoms with Crippen molar-refractivity contribution in [1.29, 1.82) is 0 Å². The number of carbonyl (C=O) groups excluding carboxylic acids is 1. The monoisotopic (exact) mass is 915 g/mol. The smallest absolute Gasteiger partial charge is 0.162 e. The molecule has 7 rings (SSSR count). The van der Waals surface area contributed by atoms with Crippen molar-refractivity contribution in [2.24, 2.45) is 11.8 Å². The number of benzene rings is 4. The van der Waals surface area contributed by atoms with Gasteiger partial charge in [-0.1, -0.05) is 115 Å². The van der Waals surface area contributed by atoms with Gasteiger partial charge < -0.3 is 9.52 Å². The zero-order chi connectivity index (χ0) is 38.7. The molecule has 2 aromatic heterocycles. The molecule has 55 heavy (non-hydrogen) atoms. The van der Waals surface area contributed by atoms with Gasteiger partial charge in [-0.15, -0.1) is 29.1 Å². The molecule has 1 fully saturated rings. The second kappa shape index (κ2) is 18.0. The van der Waals surface area contributed by atoms with E-state index in [0.717, 1.165) is 75.2 Å². The topological polar surface area (TPSA) is 63.3 Å². The summed E-state index contributed by atoms with van der Waals surface area (Å²) in [6.07, 6.45) is 11.5. The summed E-state index contributed by atoms with van der Waals surface area (Å²) in [4.78, 5) is 17.1. The van der Waals surface area contributed by atoms with Gasteiger partial charge in [-0.05, 0) is 92.5 Å². The van der Waals surface area contributed by atoms with Gasteiger partial charge in [0, 0.05) is 59.9 Å². The summed E-state index contributed by atoms with van der Waals surface area (Å²) in [7, 11) is 0. The Morgan fingerprint density at radius 2 is 1.55 bits per heavy atom. The number of nitrogens with zero attached hydrogens (tertiary/aromatic N) is 1. The van der Waals surface area contributed by atoms with Crippen LogP contribution < -0.4 is 0 Å². The van der Waals surface area contributed by atoms with Crippen LogP contribution in [0.1, 0.15) is 134 Å². The molecule has 1 aliphatic carbocycles. The van der Waals surface area contributed by atoms with E-state index in [0.29, 0.717) is 5.92 Å². The quantitative estimate of drug-likeness (QED) is 0.0892. The molecule has 0 bridgehead atoms. The van der Waals surface area contributed by atoms with E-state index < -0.39 is 0 Å². The van der Waals surface area contributed by atoms with Crippen LogP contribution in [0, 0.1) is 31.7 Å². The summed E-state index contributed by atoms with van der Waals surface area (Å²) in [5.74, 6) is 1.18. The number of aliphatic hydroxyl groups excluding tert-OH is 1. The van der Waals surface area contributed by atoms with E-state index in [2.05, 4.69) is 101 Å². The second-order valence-corrected chi connectivity index (χ2v) is 16.7. The summed E-state index contributed by atoms with van der Waals surface area (Å²) in [6.45, 7) is 19.3. The van der Waals surface area contributed by atoms with Gasteiger partial charge >= 0.3 is 0 Å². The van der Waals surface area contributed by atoms with Gasteiger partial charge in [0.25, 0.3) is 0 Å². The minimum absolute atomic E-state index is 0. The van der Waals surface area contributed by atoms with Gasteiger partial charge in [0.05, 0.1) is 11.3 Å². The van der Waals surface area contributed by atoms with E-state index in [1.807, 2.05) is 27.7 Å². The van der Waals surface area contributed by atoms with Crippen LogP contribution in [0.4, 0.5) is 0 Å². The largest absolute Gasteiger partial charge is 0.512 e. The fourth-order valence-corrected chi connectivity index (χ4v) is 8.67. The van der Waals surface area contributed by atoms with E-state index in [1.54, 1.807) is 0 Å². The molecule has 5 heteroatoms. The van der Waals surface area contributed by atoms with Gasteiger partial charge in [0.15, 0.2) is 5.78 Å².